The topological polar surface area (TPSA) is 90.4 Å². The summed E-state index contributed by atoms with van der Waals surface area (Å²) in [6.45, 7) is 1.74. The third kappa shape index (κ3) is 7.53. The number of methoxy groups -OCH3 is 1. The molecule has 1 fully saturated rings. The van der Waals surface area contributed by atoms with E-state index in [1.54, 1.807) is 25.3 Å². The van der Waals surface area contributed by atoms with Crippen LogP contribution >= 0.6 is 0 Å². The van der Waals surface area contributed by atoms with Crippen molar-refractivity contribution < 1.29 is 28.5 Å². The summed E-state index contributed by atoms with van der Waals surface area (Å²) in [5.74, 6) is 0.562. The molecule has 0 atom stereocenters. The van der Waals surface area contributed by atoms with E-state index in [9.17, 15) is 9.59 Å². The van der Waals surface area contributed by atoms with Crippen LogP contribution in [0.3, 0.4) is 0 Å². The van der Waals surface area contributed by atoms with Gasteiger partial charge >= 0.3 is 5.97 Å². The summed E-state index contributed by atoms with van der Waals surface area (Å²) >= 11 is 0. The van der Waals surface area contributed by atoms with E-state index in [4.69, 9.17) is 18.9 Å². The minimum Gasteiger partial charge on any atom is -0.492 e. The summed E-state index contributed by atoms with van der Waals surface area (Å²) in [6, 6.07) is 38.1. The highest BCUT2D eigenvalue weighted by molar-refractivity contribution is 5.93. The van der Waals surface area contributed by atoms with Crippen molar-refractivity contribution in [2.75, 3.05) is 30.0 Å². The number of para-hydroxylation sites is 1. The Morgan fingerprint density at radius 2 is 1.34 bits per heavy atom. The van der Waals surface area contributed by atoms with Gasteiger partial charge in [-0.2, -0.15) is 4.98 Å². The SMILES string of the molecule is COc1c(N2CC(C(=O)OCc3ccccc3)C2)cccc1N(C=O)c1ccc(OCc2ccccc2)nc1OCc1ccccc1. The first-order valence-electron chi connectivity index (χ1n) is 15.3. The lowest BCUT2D eigenvalue weighted by molar-refractivity contribution is -0.150. The number of hydrogen-bond acceptors (Lipinski definition) is 8. The largest absolute Gasteiger partial charge is 0.492 e. The number of aromatic nitrogens is 1. The second kappa shape index (κ2) is 15.0. The fraction of sp³-hybridized carbons (Fsp3) is 0.184. The molecule has 6 rings (SSSR count). The van der Waals surface area contributed by atoms with Gasteiger partial charge in [-0.05, 0) is 34.9 Å². The van der Waals surface area contributed by atoms with E-state index in [0.717, 1.165) is 22.4 Å². The molecule has 0 aliphatic carbocycles. The van der Waals surface area contributed by atoms with Gasteiger partial charge in [0.2, 0.25) is 18.2 Å². The second-order valence-electron chi connectivity index (χ2n) is 11.0. The monoisotopic (exact) mass is 629 g/mol. The van der Waals surface area contributed by atoms with Crippen LogP contribution in [-0.4, -0.2) is 37.6 Å². The Hall–Kier alpha value is -5.83. The number of amides is 1. The van der Waals surface area contributed by atoms with Crippen LogP contribution in [-0.2, 0) is 34.1 Å². The molecule has 1 aliphatic rings. The van der Waals surface area contributed by atoms with Crippen LogP contribution < -0.4 is 24.0 Å². The minimum absolute atomic E-state index is 0.226. The number of nitrogens with zero attached hydrogens (tertiary/aromatic N) is 3. The molecule has 5 aromatic rings. The summed E-state index contributed by atoms with van der Waals surface area (Å²) in [5.41, 5.74) is 4.56. The summed E-state index contributed by atoms with van der Waals surface area (Å²) in [6.07, 6.45) is 0.707. The maximum absolute atomic E-state index is 12.8. The molecule has 0 spiro atoms. The van der Waals surface area contributed by atoms with Crippen LogP contribution in [0.2, 0.25) is 0 Å². The molecule has 0 unspecified atom stereocenters. The molecule has 4 aromatic carbocycles. The van der Waals surface area contributed by atoms with Crippen molar-refractivity contribution in [3.8, 4) is 17.5 Å². The Bertz CT molecular complexity index is 1780. The molecular weight excluding hydrogens is 594 g/mol. The van der Waals surface area contributed by atoms with Gasteiger partial charge in [-0.25, -0.2) is 0 Å². The Balaban J connectivity index is 1.22. The van der Waals surface area contributed by atoms with Crippen LogP contribution in [0, 0.1) is 5.92 Å². The molecule has 1 aromatic heterocycles. The number of anilines is 3. The standard InChI is InChI=1S/C38H35N3O6/c1-44-36-32(40-22-31(23-40)38(43)47-26-30-16-9-4-10-17-30)18-11-19-33(36)41(27-42)34-20-21-35(45-24-28-12-5-2-6-13-28)39-37(34)46-25-29-14-7-3-8-15-29/h2-21,27,31H,22-26H2,1H3. The molecule has 0 bridgehead atoms. The minimum atomic E-state index is -0.264. The summed E-state index contributed by atoms with van der Waals surface area (Å²) in [4.78, 5) is 33.6. The third-order valence-corrected chi connectivity index (χ3v) is 7.84. The number of hydrogen-bond donors (Lipinski definition) is 0. The smallest absolute Gasteiger partial charge is 0.312 e. The molecule has 2 heterocycles. The zero-order chi connectivity index (χ0) is 32.4. The summed E-state index contributed by atoms with van der Waals surface area (Å²) in [7, 11) is 1.56. The van der Waals surface area contributed by atoms with Crippen LogP contribution in [0.4, 0.5) is 17.1 Å². The zero-order valence-electron chi connectivity index (χ0n) is 26.0. The van der Waals surface area contributed by atoms with Gasteiger partial charge in [0.15, 0.2) is 5.75 Å². The van der Waals surface area contributed by atoms with Gasteiger partial charge < -0.3 is 23.8 Å². The van der Waals surface area contributed by atoms with Crippen molar-refractivity contribution in [3.63, 3.8) is 0 Å². The van der Waals surface area contributed by atoms with Gasteiger partial charge in [-0.15, -0.1) is 0 Å². The first kappa shape index (κ1) is 31.2. The Kier molecular flexibility index (Phi) is 9.92. The van der Waals surface area contributed by atoms with Gasteiger partial charge in [0.1, 0.15) is 25.5 Å². The highest BCUT2D eigenvalue weighted by Crippen LogP contribution is 2.44. The number of rotatable bonds is 14. The molecule has 238 valence electrons. The maximum Gasteiger partial charge on any atom is 0.312 e. The van der Waals surface area contributed by atoms with Gasteiger partial charge in [-0.1, -0.05) is 97.1 Å². The number of ether oxygens (including phenoxy) is 4. The molecule has 47 heavy (non-hydrogen) atoms. The Labute approximate surface area is 273 Å². The van der Waals surface area contributed by atoms with E-state index in [2.05, 4.69) is 4.98 Å². The fourth-order valence-corrected chi connectivity index (χ4v) is 5.32. The lowest BCUT2D eigenvalue weighted by Gasteiger charge is -2.40. The Morgan fingerprint density at radius 3 is 1.94 bits per heavy atom. The quantitative estimate of drug-likeness (QED) is 0.0988. The van der Waals surface area contributed by atoms with Crippen molar-refractivity contribution in [3.05, 3.63) is 138 Å². The molecule has 0 radical (unpaired) electrons. The number of benzene rings is 4. The normalized spacial score (nSPS) is 12.5. The molecule has 9 heteroatoms. The predicted octanol–water partition coefficient (Wildman–Crippen LogP) is 6.72. The van der Waals surface area contributed by atoms with Crippen molar-refractivity contribution >= 4 is 29.4 Å². The molecule has 1 amide bonds. The third-order valence-electron chi connectivity index (χ3n) is 7.84. The highest BCUT2D eigenvalue weighted by atomic mass is 16.5. The van der Waals surface area contributed by atoms with Crippen LogP contribution in [0.15, 0.2) is 121 Å². The van der Waals surface area contributed by atoms with E-state index in [0.29, 0.717) is 49.1 Å². The average Bonchev–Trinajstić information content (AvgIpc) is 3.10. The summed E-state index contributed by atoms with van der Waals surface area (Å²) in [5, 5.41) is 0. The molecule has 0 N–H and O–H groups in total. The average molecular weight is 630 g/mol. The number of esters is 1. The van der Waals surface area contributed by atoms with Crippen molar-refractivity contribution in [1.82, 2.24) is 4.98 Å². The molecule has 1 aliphatic heterocycles. The van der Waals surface area contributed by atoms with Gasteiger partial charge in [0.25, 0.3) is 0 Å². The van der Waals surface area contributed by atoms with Crippen molar-refractivity contribution in [1.29, 1.82) is 0 Å². The first-order valence-corrected chi connectivity index (χ1v) is 15.3. The van der Waals surface area contributed by atoms with E-state index >= 15 is 0 Å². The summed E-state index contributed by atoms with van der Waals surface area (Å²) < 4.78 is 23.6. The van der Waals surface area contributed by atoms with Gasteiger partial charge in [0.05, 0.1) is 24.4 Å². The van der Waals surface area contributed by atoms with Crippen molar-refractivity contribution in [2.24, 2.45) is 5.92 Å². The van der Waals surface area contributed by atoms with E-state index in [1.165, 1.54) is 4.90 Å². The van der Waals surface area contributed by atoms with Crippen LogP contribution in [0.1, 0.15) is 16.7 Å². The number of pyridine rings is 1. The fourth-order valence-electron chi connectivity index (χ4n) is 5.32. The first-order chi connectivity index (χ1) is 23.1. The van der Waals surface area contributed by atoms with Crippen molar-refractivity contribution in [2.45, 2.75) is 19.8 Å². The molecular formula is C38H35N3O6. The highest BCUT2D eigenvalue weighted by Gasteiger charge is 2.36. The lowest BCUT2D eigenvalue weighted by Crippen LogP contribution is -2.51. The van der Waals surface area contributed by atoms with E-state index in [-0.39, 0.29) is 31.0 Å². The second-order valence-corrected chi connectivity index (χ2v) is 11.0. The van der Waals surface area contributed by atoms with Crippen LogP contribution in [0.25, 0.3) is 0 Å². The van der Waals surface area contributed by atoms with Gasteiger partial charge in [-0.3, -0.25) is 14.5 Å². The zero-order valence-corrected chi connectivity index (χ0v) is 26.0. The lowest BCUT2D eigenvalue weighted by atomic mass is 9.99. The van der Waals surface area contributed by atoms with Gasteiger partial charge in [0, 0.05) is 19.2 Å². The molecule has 1 saturated heterocycles. The molecule has 9 nitrogen and oxygen atoms in total. The number of carbonyl (C=O) groups is 2. The molecule has 0 saturated carbocycles. The van der Waals surface area contributed by atoms with E-state index < -0.39 is 0 Å². The Morgan fingerprint density at radius 1 is 0.745 bits per heavy atom. The number of carbonyl (C=O) groups excluding carboxylic acids is 2. The van der Waals surface area contributed by atoms with Crippen LogP contribution in [0.5, 0.6) is 17.5 Å². The predicted molar refractivity (Wildman–Crippen MR) is 179 cm³/mol. The van der Waals surface area contributed by atoms with E-state index in [1.807, 2.05) is 108 Å². The maximum atomic E-state index is 12.8.